The van der Waals surface area contributed by atoms with Crippen LogP contribution in [-0.4, -0.2) is 58.6 Å². The summed E-state index contributed by atoms with van der Waals surface area (Å²) in [5.74, 6) is -5.87. The molecule has 8 nitrogen and oxygen atoms in total. The lowest BCUT2D eigenvalue weighted by Crippen LogP contribution is -2.39. The number of hydrogen-bond donors (Lipinski definition) is 0. The maximum Gasteiger partial charge on any atom is 0.416 e. The third-order valence-corrected chi connectivity index (χ3v) is 9.53. The van der Waals surface area contributed by atoms with Gasteiger partial charge < -0.3 is 9.47 Å². The summed E-state index contributed by atoms with van der Waals surface area (Å²) in [6, 6.07) is 6.96. The molecule has 1 aromatic heterocycles. The largest absolute Gasteiger partial charge is 0.416 e. The molecule has 2 aliphatic heterocycles. The fraction of sp³-hybridized carbons (Fsp3) is 0.444. The van der Waals surface area contributed by atoms with E-state index >= 15 is 13.2 Å². The van der Waals surface area contributed by atoms with Crippen molar-refractivity contribution in [3.63, 3.8) is 0 Å². The number of aryl methyl sites for hydroxylation is 1. The Morgan fingerprint density at radius 3 is 2.38 bits per heavy atom. The van der Waals surface area contributed by atoms with Crippen LogP contribution in [0.4, 0.5) is 32.0 Å². The van der Waals surface area contributed by atoms with Crippen molar-refractivity contribution in [2.24, 2.45) is 7.05 Å². The van der Waals surface area contributed by atoms with E-state index in [0.29, 0.717) is 19.9 Å². The molecule has 1 amide bonds. The molecule has 2 aromatic carbocycles. The second-order valence-electron chi connectivity index (χ2n) is 10.9. The van der Waals surface area contributed by atoms with Crippen molar-refractivity contribution in [2.45, 2.75) is 49.5 Å². The van der Waals surface area contributed by atoms with Crippen molar-refractivity contribution in [1.29, 1.82) is 0 Å². The first-order valence-electron chi connectivity index (χ1n) is 12.9. The third kappa shape index (κ3) is 5.16. The van der Waals surface area contributed by atoms with Gasteiger partial charge in [-0.15, -0.1) is 10.2 Å². The quantitative estimate of drug-likeness (QED) is 0.362. The smallest absolute Gasteiger partial charge is 0.316 e. The predicted octanol–water partition coefficient (Wildman–Crippen LogP) is 4.59. The standard InChI is InChI=1S/C27H27F6N5O3S/c1-25(28,26(29,30)24-35-34-15-36(24)2)17-5-4-6-18(11-17)38-14-21-20(23(38)39)9-16(10-22(21)27(31,32)33)12-37-8-7-19(13-37)42(3,40)41/h4-6,9-11,15,19H,7-8,12-14H2,1-3H3/t19-,25?/m0/s1. The Balaban J connectivity index is 1.47. The normalized spacial score (nSPS) is 19.8. The van der Waals surface area contributed by atoms with E-state index in [1.165, 1.54) is 25.2 Å². The number of benzene rings is 2. The van der Waals surface area contributed by atoms with Crippen LogP contribution in [0.1, 0.15) is 51.8 Å². The van der Waals surface area contributed by atoms with E-state index in [0.717, 1.165) is 40.2 Å². The molecule has 0 spiro atoms. The van der Waals surface area contributed by atoms with Gasteiger partial charge in [0, 0.05) is 37.6 Å². The van der Waals surface area contributed by atoms with Gasteiger partial charge in [0.25, 0.3) is 5.91 Å². The summed E-state index contributed by atoms with van der Waals surface area (Å²) in [5, 5.41) is 6.09. The second kappa shape index (κ2) is 10.1. The number of rotatable bonds is 7. The number of likely N-dealkylation sites (tertiary alicyclic amines) is 1. The average molecular weight is 616 g/mol. The predicted molar refractivity (Wildman–Crippen MR) is 140 cm³/mol. The van der Waals surface area contributed by atoms with Gasteiger partial charge in [-0.2, -0.15) is 22.0 Å². The molecule has 1 unspecified atom stereocenters. The topological polar surface area (TPSA) is 88.4 Å². The highest BCUT2D eigenvalue weighted by Gasteiger charge is 2.57. The van der Waals surface area contributed by atoms with Gasteiger partial charge in [0.2, 0.25) is 11.5 Å². The van der Waals surface area contributed by atoms with Gasteiger partial charge in [-0.3, -0.25) is 9.69 Å². The molecular formula is C27H27F6N5O3S. The monoisotopic (exact) mass is 615 g/mol. The number of fused-ring (bicyclic) bond motifs is 1. The van der Waals surface area contributed by atoms with Crippen LogP contribution in [0.3, 0.4) is 0 Å². The molecule has 3 heterocycles. The Morgan fingerprint density at radius 2 is 1.79 bits per heavy atom. The zero-order chi connectivity index (χ0) is 30.8. The molecule has 2 aliphatic rings. The van der Waals surface area contributed by atoms with Gasteiger partial charge in [-0.1, -0.05) is 12.1 Å². The van der Waals surface area contributed by atoms with E-state index in [2.05, 4.69) is 10.2 Å². The SMILES string of the molecule is Cn1cnnc1C(F)(F)C(C)(F)c1cccc(N2Cc3c(cc(CN4CC[C@H](S(C)(=O)=O)C4)cc3C(F)(F)F)C2=O)c1. The number of nitrogens with zero attached hydrogens (tertiary/aromatic N) is 5. The number of hydrogen-bond acceptors (Lipinski definition) is 6. The van der Waals surface area contributed by atoms with Gasteiger partial charge in [-0.05, 0) is 60.8 Å². The van der Waals surface area contributed by atoms with E-state index in [4.69, 9.17) is 0 Å². The molecule has 0 N–H and O–H groups in total. The Morgan fingerprint density at radius 1 is 1.07 bits per heavy atom. The molecule has 15 heteroatoms. The summed E-state index contributed by atoms with van der Waals surface area (Å²) in [5.41, 5.74) is -5.23. The zero-order valence-corrected chi connectivity index (χ0v) is 23.6. The van der Waals surface area contributed by atoms with Crippen LogP contribution in [-0.2, 0) is 47.7 Å². The summed E-state index contributed by atoms with van der Waals surface area (Å²) >= 11 is 0. The number of carbonyl (C=O) groups is 1. The molecule has 0 radical (unpaired) electrons. The summed E-state index contributed by atoms with van der Waals surface area (Å²) in [4.78, 5) is 16.1. The van der Waals surface area contributed by atoms with Crippen molar-refractivity contribution in [3.05, 3.63) is 76.4 Å². The highest BCUT2D eigenvalue weighted by Crippen LogP contribution is 2.48. The number of aromatic nitrogens is 3. The fourth-order valence-corrected chi connectivity index (χ4v) is 6.51. The molecular weight excluding hydrogens is 588 g/mol. The van der Waals surface area contributed by atoms with Gasteiger partial charge in [0.05, 0.1) is 17.4 Å². The first-order chi connectivity index (χ1) is 19.4. The van der Waals surface area contributed by atoms with Crippen LogP contribution in [0, 0.1) is 0 Å². The number of halogens is 6. The number of alkyl halides is 6. The molecule has 1 fully saturated rings. The first kappa shape index (κ1) is 30.0. The van der Waals surface area contributed by atoms with Crippen molar-refractivity contribution < 1.29 is 39.6 Å². The maximum atomic E-state index is 15.8. The van der Waals surface area contributed by atoms with Crippen molar-refractivity contribution in [1.82, 2.24) is 19.7 Å². The molecule has 2 atom stereocenters. The summed E-state index contributed by atoms with van der Waals surface area (Å²) in [6.45, 7) is 0.676. The van der Waals surface area contributed by atoms with E-state index < -0.39 is 62.3 Å². The van der Waals surface area contributed by atoms with Crippen LogP contribution in [0.15, 0.2) is 42.7 Å². The molecule has 226 valence electrons. The lowest BCUT2D eigenvalue weighted by Gasteiger charge is -2.30. The van der Waals surface area contributed by atoms with Crippen molar-refractivity contribution >= 4 is 21.4 Å². The lowest BCUT2D eigenvalue weighted by molar-refractivity contribution is -0.149. The molecule has 0 bridgehead atoms. The van der Waals surface area contributed by atoms with Crippen LogP contribution in [0.25, 0.3) is 0 Å². The van der Waals surface area contributed by atoms with Gasteiger partial charge in [0.15, 0.2) is 9.84 Å². The number of amides is 1. The minimum absolute atomic E-state index is 0.00246. The van der Waals surface area contributed by atoms with Crippen molar-refractivity contribution in [2.75, 3.05) is 24.2 Å². The van der Waals surface area contributed by atoms with Crippen LogP contribution in [0.2, 0.25) is 0 Å². The molecule has 42 heavy (non-hydrogen) atoms. The highest BCUT2D eigenvalue weighted by molar-refractivity contribution is 7.91. The zero-order valence-electron chi connectivity index (χ0n) is 22.8. The Hall–Kier alpha value is -3.46. The summed E-state index contributed by atoms with van der Waals surface area (Å²) < 4.78 is 113. The second-order valence-corrected chi connectivity index (χ2v) is 13.3. The van der Waals surface area contributed by atoms with Crippen LogP contribution >= 0.6 is 0 Å². The average Bonchev–Trinajstić information content (AvgIpc) is 3.62. The van der Waals surface area contributed by atoms with Crippen molar-refractivity contribution in [3.8, 4) is 0 Å². The number of sulfone groups is 1. The highest BCUT2D eigenvalue weighted by atomic mass is 32.2. The number of carbonyl (C=O) groups excluding carboxylic acids is 1. The van der Waals surface area contributed by atoms with E-state index in [-0.39, 0.29) is 35.5 Å². The Bertz CT molecular complexity index is 1650. The van der Waals surface area contributed by atoms with Crippen LogP contribution in [0.5, 0.6) is 0 Å². The van der Waals surface area contributed by atoms with Gasteiger partial charge >= 0.3 is 12.1 Å². The molecule has 3 aromatic rings. The third-order valence-electron chi connectivity index (χ3n) is 7.93. The van der Waals surface area contributed by atoms with E-state index in [1.807, 2.05) is 0 Å². The minimum atomic E-state index is -4.81. The number of anilines is 1. The van der Waals surface area contributed by atoms with E-state index in [1.54, 1.807) is 4.90 Å². The first-order valence-corrected chi connectivity index (χ1v) is 14.8. The summed E-state index contributed by atoms with van der Waals surface area (Å²) in [6.07, 6.45) is -2.35. The Kier molecular flexibility index (Phi) is 7.20. The molecule has 1 saturated heterocycles. The minimum Gasteiger partial charge on any atom is -0.316 e. The van der Waals surface area contributed by atoms with Crippen LogP contribution < -0.4 is 4.90 Å². The summed E-state index contributed by atoms with van der Waals surface area (Å²) in [7, 11) is -2.09. The van der Waals surface area contributed by atoms with Gasteiger partial charge in [0.1, 0.15) is 6.33 Å². The molecule has 0 aliphatic carbocycles. The Labute approximate surface area is 237 Å². The van der Waals surface area contributed by atoms with E-state index in [9.17, 15) is 26.4 Å². The molecule has 5 rings (SSSR count). The molecule has 0 saturated carbocycles. The maximum absolute atomic E-state index is 15.8. The lowest BCUT2D eigenvalue weighted by atomic mass is 9.90. The fourth-order valence-electron chi connectivity index (χ4n) is 5.49. The van der Waals surface area contributed by atoms with Gasteiger partial charge in [-0.25, -0.2) is 12.8 Å².